The van der Waals surface area contributed by atoms with Gasteiger partial charge in [-0.1, -0.05) is 32.0 Å². The quantitative estimate of drug-likeness (QED) is 0.317. The molecule has 0 saturated carbocycles. The maximum atomic E-state index is 12.8. The van der Waals surface area contributed by atoms with Crippen molar-refractivity contribution in [3.05, 3.63) is 95.7 Å². The summed E-state index contributed by atoms with van der Waals surface area (Å²) < 4.78 is 44.1. The van der Waals surface area contributed by atoms with Gasteiger partial charge in [0, 0.05) is 22.7 Å². The fraction of sp³-hybridized carbons (Fsp3) is 0.185. The SMILES string of the molecule is CC.CC(NC(=O)c1ccc2c(Oc3ccc(C(F)(F)F)cc3)cccc2c1)c1cccnc1N. The van der Waals surface area contributed by atoms with Gasteiger partial charge in [-0.15, -0.1) is 0 Å². The molecule has 0 bridgehead atoms. The van der Waals surface area contributed by atoms with Crippen molar-refractivity contribution in [2.75, 3.05) is 5.73 Å². The van der Waals surface area contributed by atoms with Crippen LogP contribution in [0, 0.1) is 0 Å². The fourth-order valence-corrected chi connectivity index (χ4v) is 3.48. The molecule has 1 aromatic heterocycles. The number of pyridine rings is 1. The molecule has 0 aliphatic carbocycles. The Kier molecular flexibility index (Phi) is 7.96. The van der Waals surface area contributed by atoms with Crippen molar-refractivity contribution < 1.29 is 22.7 Å². The summed E-state index contributed by atoms with van der Waals surface area (Å²) in [7, 11) is 0. The van der Waals surface area contributed by atoms with Crippen LogP contribution in [0.4, 0.5) is 19.0 Å². The highest BCUT2D eigenvalue weighted by Gasteiger charge is 2.30. The molecular formula is C27H26F3N3O2. The lowest BCUT2D eigenvalue weighted by atomic mass is 10.0. The average molecular weight is 482 g/mol. The first kappa shape index (κ1) is 25.6. The van der Waals surface area contributed by atoms with Crippen molar-refractivity contribution in [3.63, 3.8) is 0 Å². The second-order valence-electron chi connectivity index (χ2n) is 7.49. The average Bonchev–Trinajstić information content (AvgIpc) is 2.85. The Bertz CT molecular complexity index is 1310. The number of nitrogen functional groups attached to an aromatic ring is 1. The van der Waals surface area contributed by atoms with E-state index in [2.05, 4.69) is 10.3 Å². The lowest BCUT2D eigenvalue weighted by Crippen LogP contribution is -2.27. The number of fused-ring (bicyclic) bond motifs is 1. The Hall–Kier alpha value is -4.07. The molecule has 4 rings (SSSR count). The third kappa shape index (κ3) is 6.09. The maximum absolute atomic E-state index is 12.8. The van der Waals surface area contributed by atoms with E-state index in [4.69, 9.17) is 10.5 Å². The van der Waals surface area contributed by atoms with Crippen molar-refractivity contribution in [1.29, 1.82) is 0 Å². The molecule has 182 valence electrons. The summed E-state index contributed by atoms with van der Waals surface area (Å²) >= 11 is 0. The molecule has 0 aliphatic heterocycles. The predicted octanol–water partition coefficient (Wildman–Crippen LogP) is 7.15. The van der Waals surface area contributed by atoms with E-state index in [0.29, 0.717) is 17.1 Å². The summed E-state index contributed by atoms with van der Waals surface area (Å²) in [5.74, 6) is 0.825. The van der Waals surface area contributed by atoms with E-state index in [1.807, 2.05) is 26.8 Å². The minimum Gasteiger partial charge on any atom is -0.457 e. The molecule has 4 aromatic rings. The van der Waals surface area contributed by atoms with Gasteiger partial charge in [0.2, 0.25) is 0 Å². The van der Waals surface area contributed by atoms with Crippen LogP contribution in [0.25, 0.3) is 10.8 Å². The molecule has 3 N–H and O–H groups in total. The number of amides is 1. The zero-order valence-corrected chi connectivity index (χ0v) is 19.6. The van der Waals surface area contributed by atoms with Crippen LogP contribution in [-0.4, -0.2) is 10.9 Å². The van der Waals surface area contributed by atoms with Gasteiger partial charge in [-0.05, 0) is 66.9 Å². The first-order valence-electron chi connectivity index (χ1n) is 11.1. The molecule has 0 radical (unpaired) electrons. The van der Waals surface area contributed by atoms with Gasteiger partial charge in [0.15, 0.2) is 0 Å². The molecule has 1 unspecified atom stereocenters. The number of alkyl halides is 3. The van der Waals surface area contributed by atoms with Crippen molar-refractivity contribution in [2.45, 2.75) is 33.0 Å². The normalized spacial score (nSPS) is 11.8. The lowest BCUT2D eigenvalue weighted by Gasteiger charge is -2.16. The number of nitrogens with zero attached hydrogens (tertiary/aromatic N) is 1. The number of nitrogens with one attached hydrogen (secondary N) is 1. The van der Waals surface area contributed by atoms with Crippen LogP contribution in [0.2, 0.25) is 0 Å². The Morgan fingerprint density at radius 3 is 2.37 bits per heavy atom. The lowest BCUT2D eigenvalue weighted by molar-refractivity contribution is -0.137. The van der Waals surface area contributed by atoms with E-state index < -0.39 is 11.7 Å². The van der Waals surface area contributed by atoms with Crippen molar-refractivity contribution in [3.8, 4) is 11.5 Å². The van der Waals surface area contributed by atoms with Crippen LogP contribution in [0.5, 0.6) is 11.5 Å². The van der Waals surface area contributed by atoms with Gasteiger partial charge in [0.25, 0.3) is 5.91 Å². The van der Waals surface area contributed by atoms with E-state index in [1.54, 1.807) is 48.7 Å². The van der Waals surface area contributed by atoms with Gasteiger partial charge in [0.05, 0.1) is 11.6 Å². The second-order valence-corrected chi connectivity index (χ2v) is 7.49. The van der Waals surface area contributed by atoms with Crippen molar-refractivity contribution in [1.82, 2.24) is 10.3 Å². The van der Waals surface area contributed by atoms with Gasteiger partial charge in [-0.3, -0.25) is 4.79 Å². The van der Waals surface area contributed by atoms with Gasteiger partial charge < -0.3 is 15.8 Å². The summed E-state index contributed by atoms with van der Waals surface area (Å²) in [5.41, 5.74) is 6.31. The smallest absolute Gasteiger partial charge is 0.416 e. The highest BCUT2D eigenvalue weighted by Crippen LogP contribution is 2.34. The van der Waals surface area contributed by atoms with Gasteiger partial charge >= 0.3 is 6.18 Å². The minimum atomic E-state index is -4.41. The van der Waals surface area contributed by atoms with Gasteiger partial charge in [-0.2, -0.15) is 13.2 Å². The second kappa shape index (κ2) is 10.9. The third-order valence-electron chi connectivity index (χ3n) is 5.20. The molecule has 0 aliphatic rings. The van der Waals surface area contributed by atoms with Gasteiger partial charge in [0.1, 0.15) is 17.3 Å². The molecule has 5 nitrogen and oxygen atoms in total. The van der Waals surface area contributed by atoms with E-state index in [1.165, 1.54) is 12.1 Å². The maximum Gasteiger partial charge on any atom is 0.416 e. The van der Waals surface area contributed by atoms with E-state index in [9.17, 15) is 18.0 Å². The number of carbonyl (C=O) groups is 1. The number of hydrogen-bond acceptors (Lipinski definition) is 4. The molecule has 0 spiro atoms. The number of benzene rings is 3. The van der Waals surface area contributed by atoms with Crippen LogP contribution in [0.3, 0.4) is 0 Å². The summed E-state index contributed by atoms with van der Waals surface area (Å²) in [4.78, 5) is 16.8. The number of carbonyl (C=O) groups excluding carboxylic acids is 1. The molecule has 1 atom stereocenters. The van der Waals surface area contributed by atoms with Crippen molar-refractivity contribution >= 4 is 22.5 Å². The summed E-state index contributed by atoms with van der Waals surface area (Å²) in [6.45, 7) is 5.82. The summed E-state index contributed by atoms with van der Waals surface area (Å²) in [5, 5.41) is 4.38. The van der Waals surface area contributed by atoms with E-state index in [0.717, 1.165) is 28.5 Å². The Labute approximate surface area is 201 Å². The molecule has 0 saturated heterocycles. The zero-order chi connectivity index (χ0) is 25.6. The number of hydrogen-bond donors (Lipinski definition) is 2. The summed E-state index contributed by atoms with van der Waals surface area (Å²) in [6.07, 6.45) is -2.82. The fourth-order valence-electron chi connectivity index (χ4n) is 3.48. The number of nitrogens with two attached hydrogens (primary N) is 1. The zero-order valence-electron chi connectivity index (χ0n) is 19.6. The molecular weight excluding hydrogens is 455 g/mol. The topological polar surface area (TPSA) is 77.2 Å². The molecule has 35 heavy (non-hydrogen) atoms. The van der Waals surface area contributed by atoms with Crippen LogP contribution in [0.15, 0.2) is 79.0 Å². The third-order valence-corrected chi connectivity index (χ3v) is 5.20. The van der Waals surface area contributed by atoms with E-state index in [-0.39, 0.29) is 17.7 Å². The highest BCUT2D eigenvalue weighted by molar-refractivity contribution is 6.00. The van der Waals surface area contributed by atoms with Crippen LogP contribution in [-0.2, 0) is 6.18 Å². The van der Waals surface area contributed by atoms with Crippen LogP contribution >= 0.6 is 0 Å². The van der Waals surface area contributed by atoms with Crippen LogP contribution < -0.4 is 15.8 Å². The Balaban J connectivity index is 0.00000167. The highest BCUT2D eigenvalue weighted by atomic mass is 19.4. The Morgan fingerprint density at radius 2 is 1.71 bits per heavy atom. The minimum absolute atomic E-state index is 0.276. The molecule has 1 heterocycles. The molecule has 1 amide bonds. The van der Waals surface area contributed by atoms with Crippen molar-refractivity contribution in [2.24, 2.45) is 0 Å². The van der Waals surface area contributed by atoms with E-state index >= 15 is 0 Å². The molecule has 3 aromatic carbocycles. The number of ether oxygens (including phenoxy) is 1. The monoisotopic (exact) mass is 481 g/mol. The standard InChI is InChI=1S/C25H20F3N3O2.C2H6/c1-15(20-5-3-13-30-23(20)29)31-24(32)17-7-12-21-16(14-17)4-2-6-22(21)33-19-10-8-18(9-11-19)25(26,27)28;1-2/h2-15H,1H3,(H2,29,30)(H,31,32);1-2H3. The molecule has 8 heteroatoms. The number of rotatable bonds is 5. The predicted molar refractivity (Wildman–Crippen MR) is 131 cm³/mol. The largest absolute Gasteiger partial charge is 0.457 e. The Morgan fingerprint density at radius 1 is 1.00 bits per heavy atom. The number of anilines is 1. The van der Waals surface area contributed by atoms with Gasteiger partial charge in [-0.25, -0.2) is 4.98 Å². The summed E-state index contributed by atoms with van der Waals surface area (Å²) in [6, 6.07) is 18.1. The first-order chi connectivity index (χ1) is 16.7. The number of halogens is 3. The first-order valence-corrected chi connectivity index (χ1v) is 11.1. The molecule has 0 fully saturated rings. The van der Waals surface area contributed by atoms with Crippen LogP contribution in [0.1, 0.15) is 48.3 Å². The number of aromatic nitrogens is 1.